The molecule has 1 aromatic heterocycles. The average Bonchev–Trinajstić information content (AvgIpc) is 3.23. The van der Waals surface area contributed by atoms with Gasteiger partial charge in [0.1, 0.15) is 17.2 Å². The Balaban J connectivity index is 1.46. The van der Waals surface area contributed by atoms with Gasteiger partial charge in [-0.05, 0) is 47.0 Å². The van der Waals surface area contributed by atoms with Gasteiger partial charge in [-0.15, -0.1) is 0 Å². The number of rotatable bonds is 7. The number of hydrogen-bond acceptors (Lipinski definition) is 5. The smallest absolute Gasteiger partial charge is 0.216 e. The number of aromatic nitrogens is 1. The van der Waals surface area contributed by atoms with Crippen LogP contribution >= 0.6 is 22.9 Å². The van der Waals surface area contributed by atoms with E-state index in [1.54, 1.807) is 23.8 Å². The Morgan fingerprint density at radius 2 is 1.80 bits per heavy atom. The predicted molar refractivity (Wildman–Crippen MR) is 120 cm³/mol. The summed E-state index contributed by atoms with van der Waals surface area (Å²) in [5.41, 5.74) is 2.88. The number of nitrogens with zero attached hydrogens (tertiary/aromatic N) is 1. The van der Waals surface area contributed by atoms with Crippen LogP contribution in [-0.4, -0.2) is 17.4 Å². The summed E-state index contributed by atoms with van der Waals surface area (Å²) in [5.74, 6) is 1.87. The molecule has 5 nitrogen and oxygen atoms in total. The van der Waals surface area contributed by atoms with E-state index >= 15 is 0 Å². The molecule has 0 aliphatic carbocycles. The van der Waals surface area contributed by atoms with E-state index < -0.39 is 0 Å². The molecular formula is C23H19ClN2O3S. The van der Waals surface area contributed by atoms with Crippen LogP contribution in [0.2, 0.25) is 5.02 Å². The summed E-state index contributed by atoms with van der Waals surface area (Å²) >= 11 is 7.79. The van der Waals surface area contributed by atoms with Crippen molar-refractivity contribution in [3.05, 3.63) is 76.9 Å². The fourth-order valence-corrected chi connectivity index (χ4v) is 3.70. The Kier molecular flexibility index (Phi) is 6.16. The van der Waals surface area contributed by atoms with Gasteiger partial charge in [0.05, 0.1) is 16.7 Å². The maximum Gasteiger partial charge on any atom is 0.216 e. The first-order valence-electron chi connectivity index (χ1n) is 9.38. The maximum atomic E-state index is 11.0. The molecular weight excluding hydrogens is 420 g/mol. The fraction of sp³-hybridized carbons (Fsp3) is 0.130. The molecule has 3 aromatic carbocycles. The topological polar surface area (TPSA) is 60.5 Å². The molecule has 0 fully saturated rings. The number of ether oxygens (including phenoxy) is 2. The second-order valence-corrected chi connectivity index (χ2v) is 7.95. The molecule has 30 heavy (non-hydrogen) atoms. The Bertz CT molecular complexity index is 1180. The number of hydrogen-bond donors (Lipinski definition) is 1. The lowest BCUT2D eigenvalue weighted by Crippen LogP contribution is -2.22. The van der Waals surface area contributed by atoms with Crippen molar-refractivity contribution in [2.24, 2.45) is 0 Å². The quantitative estimate of drug-likeness (QED) is 0.372. The highest BCUT2D eigenvalue weighted by molar-refractivity contribution is 7.11. The lowest BCUT2D eigenvalue weighted by atomic mass is 10.0. The molecule has 7 heteroatoms. The van der Waals surface area contributed by atoms with Crippen molar-refractivity contribution >= 4 is 39.6 Å². The minimum absolute atomic E-state index is 0.0145. The molecule has 152 valence electrons. The largest absolute Gasteiger partial charge is 0.456 e. The molecule has 0 aliphatic heterocycles. The first-order valence-corrected chi connectivity index (χ1v) is 10.6. The molecule has 0 spiro atoms. The lowest BCUT2D eigenvalue weighted by molar-refractivity contribution is -0.118. The van der Waals surface area contributed by atoms with Crippen LogP contribution in [0.25, 0.3) is 10.8 Å². The molecule has 0 atom stereocenters. The van der Waals surface area contributed by atoms with Crippen molar-refractivity contribution in [2.45, 2.75) is 13.3 Å². The van der Waals surface area contributed by atoms with Gasteiger partial charge in [0.25, 0.3) is 0 Å². The molecule has 0 unspecified atom stereocenters. The number of carbonyl (C=O) groups is 1. The van der Waals surface area contributed by atoms with Crippen molar-refractivity contribution in [3.8, 4) is 22.3 Å². The van der Waals surface area contributed by atoms with Crippen LogP contribution < -0.4 is 14.8 Å². The zero-order chi connectivity index (χ0) is 20.9. The van der Waals surface area contributed by atoms with Crippen molar-refractivity contribution in [2.75, 3.05) is 6.54 Å². The summed E-state index contributed by atoms with van der Waals surface area (Å²) in [6.45, 7) is 2.15. The van der Waals surface area contributed by atoms with Gasteiger partial charge in [0.15, 0.2) is 0 Å². The zero-order valence-corrected chi connectivity index (χ0v) is 17.8. The van der Waals surface area contributed by atoms with Gasteiger partial charge in [-0.3, -0.25) is 4.79 Å². The molecule has 0 bridgehead atoms. The highest BCUT2D eigenvalue weighted by Gasteiger charge is 2.08. The van der Waals surface area contributed by atoms with E-state index in [0.29, 0.717) is 33.9 Å². The van der Waals surface area contributed by atoms with Gasteiger partial charge in [0, 0.05) is 19.5 Å². The first kappa shape index (κ1) is 20.2. The number of carbonyl (C=O) groups excluding carboxylic acids is 1. The van der Waals surface area contributed by atoms with Gasteiger partial charge in [-0.1, -0.05) is 47.2 Å². The van der Waals surface area contributed by atoms with E-state index in [9.17, 15) is 4.79 Å². The van der Waals surface area contributed by atoms with E-state index in [1.807, 2.05) is 24.3 Å². The summed E-state index contributed by atoms with van der Waals surface area (Å²) in [6.07, 6.45) is 2.45. The Morgan fingerprint density at radius 3 is 2.57 bits per heavy atom. The summed E-state index contributed by atoms with van der Waals surface area (Å²) in [6, 6.07) is 17.5. The van der Waals surface area contributed by atoms with Gasteiger partial charge < -0.3 is 14.8 Å². The molecule has 1 N–H and O–H groups in total. The first-order chi connectivity index (χ1) is 14.6. The minimum atomic E-state index is -0.0145. The molecule has 0 aliphatic rings. The van der Waals surface area contributed by atoms with E-state index in [0.717, 1.165) is 17.2 Å². The lowest BCUT2D eigenvalue weighted by Gasteiger charge is -2.11. The number of amides is 1. The molecule has 1 heterocycles. The molecule has 4 aromatic rings. The van der Waals surface area contributed by atoms with Crippen LogP contribution in [0, 0.1) is 0 Å². The van der Waals surface area contributed by atoms with Gasteiger partial charge in [-0.25, -0.2) is 4.98 Å². The number of benzene rings is 3. The van der Waals surface area contributed by atoms with Crippen molar-refractivity contribution in [1.29, 1.82) is 0 Å². The van der Waals surface area contributed by atoms with Crippen molar-refractivity contribution in [3.63, 3.8) is 0 Å². The Hall–Kier alpha value is -3.09. The molecule has 0 saturated heterocycles. The van der Waals surface area contributed by atoms with E-state index in [1.165, 1.54) is 23.8 Å². The summed E-state index contributed by atoms with van der Waals surface area (Å²) in [4.78, 5) is 15.0. The van der Waals surface area contributed by atoms with Crippen LogP contribution in [0.15, 0.2) is 66.3 Å². The van der Waals surface area contributed by atoms with Gasteiger partial charge >= 0.3 is 0 Å². The summed E-state index contributed by atoms with van der Waals surface area (Å²) in [7, 11) is 0. The second kappa shape index (κ2) is 9.15. The normalized spacial score (nSPS) is 10.7. The van der Waals surface area contributed by atoms with Crippen LogP contribution in [-0.2, 0) is 11.2 Å². The molecule has 1 amide bonds. The number of halogens is 1. The number of fused-ring (bicyclic) bond motifs is 1. The van der Waals surface area contributed by atoms with Crippen LogP contribution in [0.1, 0.15) is 12.5 Å². The van der Waals surface area contributed by atoms with E-state index in [-0.39, 0.29) is 5.91 Å². The fourth-order valence-electron chi connectivity index (χ4n) is 3.00. The van der Waals surface area contributed by atoms with Gasteiger partial charge in [0.2, 0.25) is 11.0 Å². The third-order valence-electron chi connectivity index (χ3n) is 4.42. The monoisotopic (exact) mass is 438 g/mol. The molecule has 4 rings (SSSR count). The van der Waals surface area contributed by atoms with E-state index in [4.69, 9.17) is 21.1 Å². The highest BCUT2D eigenvalue weighted by Crippen LogP contribution is 2.35. The molecule has 0 saturated carbocycles. The summed E-state index contributed by atoms with van der Waals surface area (Å²) < 4.78 is 11.7. The number of nitrogens with one attached hydrogen (secondary N) is 1. The second-order valence-electron chi connectivity index (χ2n) is 6.69. The van der Waals surface area contributed by atoms with Crippen LogP contribution in [0.3, 0.4) is 0 Å². The SMILES string of the molecule is CC(=O)NCCc1ccc2cc(Oc3ccc(Oc4cncs4)cc3Cl)ccc2c1. The van der Waals surface area contributed by atoms with Crippen LogP contribution in [0.5, 0.6) is 22.3 Å². The predicted octanol–water partition coefficient (Wildman–Crippen LogP) is 6.21. The van der Waals surface area contributed by atoms with Gasteiger partial charge in [-0.2, -0.15) is 0 Å². The standard InChI is InChI=1S/C23H19ClN2O3S/c1-15(27)26-9-8-16-2-3-18-11-19(5-4-17(18)10-16)28-22-7-6-20(12-21(22)24)29-23-13-25-14-30-23/h2-7,10-14H,8-9H2,1H3,(H,26,27). The summed E-state index contributed by atoms with van der Waals surface area (Å²) in [5, 5.41) is 6.16. The third-order valence-corrected chi connectivity index (χ3v) is 5.37. The molecule has 0 radical (unpaired) electrons. The van der Waals surface area contributed by atoms with Crippen molar-refractivity contribution < 1.29 is 14.3 Å². The van der Waals surface area contributed by atoms with E-state index in [2.05, 4.69) is 28.5 Å². The van der Waals surface area contributed by atoms with Crippen LogP contribution in [0.4, 0.5) is 0 Å². The Labute approximate surface area is 183 Å². The third kappa shape index (κ3) is 5.09. The minimum Gasteiger partial charge on any atom is -0.456 e. The number of thiazole rings is 1. The Morgan fingerprint density at radius 1 is 1.03 bits per heavy atom. The zero-order valence-electron chi connectivity index (χ0n) is 16.2. The van der Waals surface area contributed by atoms with Crippen molar-refractivity contribution in [1.82, 2.24) is 10.3 Å². The maximum absolute atomic E-state index is 11.0. The highest BCUT2D eigenvalue weighted by atomic mass is 35.5. The average molecular weight is 439 g/mol.